The number of aldehydes is 1. The molecule has 3 fully saturated rings. The molecule has 2 atom stereocenters. The normalized spacial score (nSPS) is 26.8. The number of imidazole rings is 1. The van der Waals surface area contributed by atoms with Crippen molar-refractivity contribution in [3.63, 3.8) is 0 Å². The van der Waals surface area contributed by atoms with Gasteiger partial charge in [-0.2, -0.15) is 5.10 Å². The quantitative estimate of drug-likeness (QED) is 0.233. The number of aliphatic hydroxyl groups is 1. The fraction of sp³-hybridized carbons (Fsp3) is 0.556. The molecule has 2 unspecified atom stereocenters. The smallest absolute Gasteiger partial charge is 0.179 e. The van der Waals surface area contributed by atoms with Gasteiger partial charge in [-0.15, -0.1) is 0 Å². The number of aromatic nitrogens is 2. The minimum Gasteiger partial charge on any atom is -0.388 e. The third-order valence-corrected chi connectivity index (χ3v) is 8.10. The van der Waals surface area contributed by atoms with Crippen molar-refractivity contribution in [2.75, 3.05) is 26.0 Å². The lowest BCUT2D eigenvalue weighted by molar-refractivity contribution is 0.105. The van der Waals surface area contributed by atoms with Gasteiger partial charge < -0.3 is 15.0 Å². The van der Waals surface area contributed by atoms with Crippen molar-refractivity contribution in [3.05, 3.63) is 46.8 Å². The van der Waals surface area contributed by atoms with Crippen molar-refractivity contribution in [3.8, 4) is 0 Å². The number of nitrogens with zero attached hydrogens (tertiary/aromatic N) is 5. The first-order chi connectivity index (χ1) is 17.7. The zero-order chi connectivity index (χ0) is 26.7. The molecule has 1 aromatic carbocycles. The Morgan fingerprint density at radius 1 is 1.38 bits per heavy atom. The van der Waals surface area contributed by atoms with Crippen LogP contribution in [-0.2, 0) is 7.05 Å². The minimum atomic E-state index is -0.989. The summed E-state index contributed by atoms with van der Waals surface area (Å²) in [6.45, 7) is 4.58. The highest BCUT2D eigenvalue weighted by Crippen LogP contribution is 2.54. The maximum absolute atomic E-state index is 12.5. The van der Waals surface area contributed by atoms with E-state index in [0.717, 1.165) is 43.0 Å². The van der Waals surface area contributed by atoms with Crippen molar-refractivity contribution < 1.29 is 14.3 Å². The summed E-state index contributed by atoms with van der Waals surface area (Å²) in [6, 6.07) is 4.49. The van der Waals surface area contributed by atoms with Gasteiger partial charge in [0.25, 0.3) is 0 Å². The van der Waals surface area contributed by atoms with Crippen LogP contribution in [0.5, 0.6) is 0 Å². The van der Waals surface area contributed by atoms with Crippen molar-refractivity contribution in [2.24, 2.45) is 34.9 Å². The Morgan fingerprint density at radius 2 is 2.05 bits per heavy atom. The van der Waals surface area contributed by atoms with Crippen LogP contribution in [0, 0.1) is 23.6 Å². The molecule has 0 spiro atoms. The van der Waals surface area contributed by atoms with Crippen LogP contribution in [0.1, 0.15) is 60.6 Å². The molecule has 200 valence electrons. The number of hydrogen-bond donors (Lipinski definition) is 2. The molecular formula is C27H36ClFN6O2. The molecule has 10 heteroatoms. The summed E-state index contributed by atoms with van der Waals surface area (Å²) in [5.74, 6) is 1.90. The van der Waals surface area contributed by atoms with Gasteiger partial charge in [-0.3, -0.25) is 9.80 Å². The number of benzene rings is 1. The van der Waals surface area contributed by atoms with Gasteiger partial charge in [0.05, 0.1) is 17.0 Å². The zero-order valence-electron chi connectivity index (χ0n) is 21.7. The molecule has 2 aromatic rings. The number of halogens is 2. The number of amidine groups is 1. The van der Waals surface area contributed by atoms with Crippen LogP contribution in [0.4, 0.5) is 10.1 Å². The summed E-state index contributed by atoms with van der Waals surface area (Å²) >= 11 is 5.48. The summed E-state index contributed by atoms with van der Waals surface area (Å²) in [7, 11) is 5.55. The molecule has 0 aliphatic heterocycles. The number of hydrogen-bond acceptors (Lipinski definition) is 6. The number of carbonyl (C=O) groups excluding carboxylic acids is 1. The Kier molecular flexibility index (Phi) is 8.33. The second-order valence-electron chi connectivity index (χ2n) is 10.6. The third-order valence-electron chi connectivity index (χ3n) is 7.81. The lowest BCUT2D eigenvalue weighted by Gasteiger charge is -2.25. The van der Waals surface area contributed by atoms with Gasteiger partial charge in [0, 0.05) is 39.3 Å². The van der Waals surface area contributed by atoms with E-state index in [-0.39, 0.29) is 10.8 Å². The summed E-state index contributed by atoms with van der Waals surface area (Å²) in [6.07, 6.45) is 8.37. The lowest BCUT2D eigenvalue weighted by atomic mass is 9.91. The molecular weight excluding hydrogens is 495 g/mol. The Morgan fingerprint density at radius 3 is 2.59 bits per heavy atom. The molecule has 3 aliphatic rings. The number of fused-ring (bicyclic) bond motifs is 1. The number of rotatable bonds is 7. The number of aliphatic imine (C=N–C) groups is 1. The molecule has 1 aromatic heterocycles. The summed E-state index contributed by atoms with van der Waals surface area (Å²) in [5, 5.41) is 20.7. The Balaban J connectivity index is 0.000000270. The fourth-order valence-electron chi connectivity index (χ4n) is 5.78. The van der Waals surface area contributed by atoms with Gasteiger partial charge in [0.15, 0.2) is 12.1 Å². The van der Waals surface area contributed by atoms with Gasteiger partial charge in [0.1, 0.15) is 17.1 Å². The minimum absolute atomic E-state index is 0.145. The molecule has 0 radical (unpaired) electrons. The van der Waals surface area contributed by atoms with E-state index < -0.39 is 5.60 Å². The third kappa shape index (κ3) is 6.21. The predicted molar refractivity (Wildman–Crippen MR) is 145 cm³/mol. The summed E-state index contributed by atoms with van der Waals surface area (Å²) in [4.78, 5) is 19.9. The second-order valence-corrected chi connectivity index (χ2v) is 11.0. The molecule has 3 aliphatic carbocycles. The van der Waals surface area contributed by atoms with Crippen molar-refractivity contribution >= 4 is 36.1 Å². The van der Waals surface area contributed by atoms with Gasteiger partial charge in [-0.1, -0.05) is 11.6 Å². The molecule has 8 nitrogen and oxygen atoms in total. The van der Waals surface area contributed by atoms with Gasteiger partial charge in [-0.25, -0.2) is 14.4 Å². The second kappa shape index (κ2) is 11.3. The Labute approximate surface area is 222 Å². The lowest BCUT2D eigenvalue weighted by Crippen LogP contribution is -2.37. The van der Waals surface area contributed by atoms with Gasteiger partial charge >= 0.3 is 0 Å². The van der Waals surface area contributed by atoms with E-state index in [4.69, 9.17) is 11.6 Å². The molecule has 0 bridgehead atoms. The van der Waals surface area contributed by atoms with Crippen LogP contribution >= 0.6 is 11.6 Å². The molecule has 37 heavy (non-hydrogen) atoms. The van der Waals surface area contributed by atoms with E-state index in [1.165, 1.54) is 25.0 Å². The van der Waals surface area contributed by atoms with Crippen LogP contribution < -0.4 is 5.32 Å². The van der Waals surface area contributed by atoms with Gasteiger partial charge in [0.2, 0.25) is 0 Å². The van der Waals surface area contributed by atoms with E-state index in [1.54, 1.807) is 24.0 Å². The zero-order valence-corrected chi connectivity index (χ0v) is 22.5. The van der Waals surface area contributed by atoms with E-state index in [2.05, 4.69) is 27.1 Å². The summed E-state index contributed by atoms with van der Waals surface area (Å²) < 4.78 is 14.3. The number of anilines is 1. The van der Waals surface area contributed by atoms with Crippen LogP contribution in [0.3, 0.4) is 0 Å². The van der Waals surface area contributed by atoms with E-state index >= 15 is 0 Å². The van der Waals surface area contributed by atoms with Gasteiger partial charge in [-0.05, 0) is 81.2 Å². The first-order valence-electron chi connectivity index (χ1n) is 12.8. The maximum Gasteiger partial charge on any atom is 0.179 e. The van der Waals surface area contributed by atoms with Crippen LogP contribution in [-0.4, -0.2) is 64.7 Å². The Bertz CT molecular complexity index is 1150. The number of nitrogens with one attached hydrogen (secondary N) is 1. The molecule has 2 N–H and O–H groups in total. The highest BCUT2D eigenvalue weighted by Gasteiger charge is 2.52. The fourth-order valence-corrected chi connectivity index (χ4v) is 5.97. The van der Waals surface area contributed by atoms with Crippen LogP contribution in [0.2, 0.25) is 5.02 Å². The average Bonchev–Trinajstić information content (AvgIpc) is 3.34. The predicted octanol–water partition coefficient (Wildman–Crippen LogP) is 4.74. The van der Waals surface area contributed by atoms with Crippen molar-refractivity contribution in [1.82, 2.24) is 14.6 Å². The molecule has 0 amide bonds. The SMILES string of the molecule is C=N/C(=N\N(C)CC1CC1)C1(O)CC2CC(c3ncn(C)c3C=O)CC2C1.CNc1ccc(F)c(Cl)c1. The van der Waals surface area contributed by atoms with Crippen molar-refractivity contribution in [1.29, 1.82) is 0 Å². The highest BCUT2D eigenvalue weighted by molar-refractivity contribution is 6.31. The van der Waals surface area contributed by atoms with Crippen LogP contribution in [0.15, 0.2) is 34.6 Å². The van der Waals surface area contributed by atoms with Crippen molar-refractivity contribution in [2.45, 2.75) is 50.0 Å². The average molecular weight is 531 g/mol. The molecule has 0 saturated heterocycles. The monoisotopic (exact) mass is 530 g/mol. The maximum atomic E-state index is 12.5. The van der Waals surface area contributed by atoms with E-state index in [1.807, 2.05) is 19.1 Å². The van der Waals surface area contributed by atoms with E-state index in [0.29, 0.717) is 42.1 Å². The van der Waals surface area contributed by atoms with Crippen LogP contribution in [0.25, 0.3) is 0 Å². The highest BCUT2D eigenvalue weighted by atomic mass is 35.5. The Hall–Kier alpha value is -2.78. The standard InChI is InChI=1S/C20H29N5O2.C7H7ClFN/c1-21-19(23-25(3)10-13-4-5-13)20(27)8-15-6-14(7-16(15)9-20)18-17(11-26)24(2)12-22-18;1-10-5-2-3-7(9)6(8)4-5/h11-16,27H,1,4-10H2,2-3H3;2-4,10H,1H3/b23-19-;. The largest absolute Gasteiger partial charge is 0.388 e. The summed E-state index contributed by atoms with van der Waals surface area (Å²) in [5.41, 5.74) is 1.40. The number of carbonyl (C=O) groups is 1. The molecule has 5 rings (SSSR count). The molecule has 1 heterocycles. The first kappa shape index (κ1) is 27.3. The first-order valence-corrected chi connectivity index (χ1v) is 13.1. The number of aryl methyl sites for hydroxylation is 1. The topological polar surface area (TPSA) is 95.1 Å². The number of hydrazone groups is 1. The molecule has 3 saturated carbocycles. The van der Waals surface area contributed by atoms with E-state index in [9.17, 15) is 14.3 Å².